The molecule has 0 spiro atoms. The Labute approximate surface area is 159 Å². The van der Waals surface area contributed by atoms with Gasteiger partial charge in [-0.15, -0.1) is 0 Å². The zero-order valence-corrected chi connectivity index (χ0v) is 15.5. The van der Waals surface area contributed by atoms with E-state index in [1.165, 1.54) is 0 Å². The van der Waals surface area contributed by atoms with E-state index in [1.807, 2.05) is 53.4 Å². The third-order valence-corrected chi connectivity index (χ3v) is 4.63. The molecule has 0 unspecified atom stereocenters. The number of rotatable bonds is 7. The summed E-state index contributed by atoms with van der Waals surface area (Å²) in [5.74, 6) is 0.672. The van der Waals surface area contributed by atoms with Gasteiger partial charge in [-0.1, -0.05) is 24.3 Å². The summed E-state index contributed by atoms with van der Waals surface area (Å²) < 4.78 is 5.25. The van der Waals surface area contributed by atoms with Crippen molar-refractivity contribution in [2.24, 2.45) is 0 Å². The van der Waals surface area contributed by atoms with E-state index in [9.17, 15) is 9.59 Å². The predicted octanol–water partition coefficient (Wildman–Crippen LogP) is 2.66. The zero-order chi connectivity index (χ0) is 19.1. The van der Waals surface area contributed by atoms with Crippen molar-refractivity contribution in [3.8, 4) is 5.75 Å². The minimum absolute atomic E-state index is 0.0871. The van der Waals surface area contributed by atoms with Crippen LogP contribution < -0.4 is 15.4 Å². The molecular weight excluding hydrogens is 342 g/mol. The Morgan fingerprint density at radius 3 is 2.44 bits per heavy atom. The number of carbonyl (C=O) groups is 2. The summed E-state index contributed by atoms with van der Waals surface area (Å²) in [7, 11) is 1.60. The normalized spacial score (nSPS) is 13.3. The predicted molar refractivity (Wildman–Crippen MR) is 105 cm³/mol. The lowest BCUT2D eigenvalue weighted by Gasteiger charge is -2.15. The summed E-state index contributed by atoms with van der Waals surface area (Å²) in [6.45, 7) is 2.27. The Hall–Kier alpha value is -3.02. The monoisotopic (exact) mass is 367 g/mol. The summed E-state index contributed by atoms with van der Waals surface area (Å²) >= 11 is 0. The number of carbonyl (C=O) groups excluding carboxylic acids is 2. The number of nitrogens with one attached hydrogen (secondary N) is 2. The molecule has 1 fully saturated rings. The van der Waals surface area contributed by atoms with E-state index in [0.717, 1.165) is 37.2 Å². The quantitative estimate of drug-likeness (QED) is 0.789. The molecule has 6 heteroatoms. The second-order valence-corrected chi connectivity index (χ2v) is 6.53. The van der Waals surface area contributed by atoms with Crippen molar-refractivity contribution in [1.82, 2.24) is 10.2 Å². The zero-order valence-electron chi connectivity index (χ0n) is 15.5. The van der Waals surface area contributed by atoms with Crippen LogP contribution in [0.4, 0.5) is 5.69 Å². The van der Waals surface area contributed by atoms with Gasteiger partial charge in [0.2, 0.25) is 5.91 Å². The van der Waals surface area contributed by atoms with Crippen LogP contribution in [0.15, 0.2) is 48.5 Å². The molecule has 142 valence electrons. The molecule has 2 N–H and O–H groups in total. The maximum atomic E-state index is 12.3. The number of methoxy groups -OCH3 is 1. The maximum absolute atomic E-state index is 12.3. The van der Waals surface area contributed by atoms with Crippen LogP contribution in [0.2, 0.25) is 0 Å². The van der Waals surface area contributed by atoms with E-state index in [0.29, 0.717) is 17.9 Å². The molecule has 1 aliphatic heterocycles. The molecule has 0 atom stereocenters. The lowest BCUT2D eigenvalue weighted by Crippen LogP contribution is -2.29. The van der Waals surface area contributed by atoms with Crippen molar-refractivity contribution in [2.75, 3.05) is 32.1 Å². The minimum Gasteiger partial charge on any atom is -0.495 e. The largest absolute Gasteiger partial charge is 0.495 e. The van der Waals surface area contributed by atoms with E-state index in [1.54, 1.807) is 7.11 Å². The number of hydrogen-bond acceptors (Lipinski definition) is 4. The van der Waals surface area contributed by atoms with Crippen LogP contribution in [0.3, 0.4) is 0 Å². The first kappa shape index (κ1) is 18.8. The van der Waals surface area contributed by atoms with E-state index in [-0.39, 0.29) is 18.4 Å². The first-order valence-electron chi connectivity index (χ1n) is 9.19. The van der Waals surface area contributed by atoms with E-state index in [4.69, 9.17) is 4.74 Å². The third-order valence-electron chi connectivity index (χ3n) is 4.63. The first-order chi connectivity index (χ1) is 13.2. The Morgan fingerprint density at radius 1 is 1.04 bits per heavy atom. The number of likely N-dealkylation sites (tertiary alicyclic amines) is 1. The summed E-state index contributed by atoms with van der Waals surface area (Å²) in [5, 5.41) is 5.94. The standard InChI is InChI=1S/C21H25N3O3/c1-27-19-7-3-2-6-18(19)22-15-20(25)23-14-16-8-10-17(11-9-16)21(26)24-12-4-5-13-24/h2-3,6-11,22H,4-5,12-15H2,1H3,(H,23,25). The molecule has 6 nitrogen and oxygen atoms in total. The molecule has 0 aliphatic carbocycles. The van der Waals surface area contributed by atoms with Gasteiger partial charge in [0, 0.05) is 25.2 Å². The molecule has 27 heavy (non-hydrogen) atoms. The van der Waals surface area contributed by atoms with Crippen molar-refractivity contribution in [1.29, 1.82) is 0 Å². The summed E-state index contributed by atoms with van der Waals surface area (Å²) in [5.41, 5.74) is 2.43. The smallest absolute Gasteiger partial charge is 0.253 e. The lowest BCUT2D eigenvalue weighted by atomic mass is 10.1. The topological polar surface area (TPSA) is 70.7 Å². The van der Waals surface area contributed by atoms with Crippen LogP contribution in [0.25, 0.3) is 0 Å². The molecule has 0 bridgehead atoms. The van der Waals surface area contributed by atoms with Crippen LogP contribution in [-0.2, 0) is 11.3 Å². The van der Waals surface area contributed by atoms with Gasteiger partial charge in [0.15, 0.2) is 0 Å². The second-order valence-electron chi connectivity index (χ2n) is 6.53. The van der Waals surface area contributed by atoms with Gasteiger partial charge < -0.3 is 20.3 Å². The number of benzene rings is 2. The summed E-state index contributed by atoms with van der Waals surface area (Å²) in [4.78, 5) is 26.3. The van der Waals surface area contributed by atoms with E-state index in [2.05, 4.69) is 10.6 Å². The number of hydrogen-bond donors (Lipinski definition) is 2. The summed E-state index contributed by atoms with van der Waals surface area (Å²) in [6, 6.07) is 14.9. The first-order valence-corrected chi connectivity index (χ1v) is 9.19. The Bertz CT molecular complexity index is 784. The van der Waals surface area contributed by atoms with Gasteiger partial charge in [-0.3, -0.25) is 9.59 Å². The van der Waals surface area contributed by atoms with Gasteiger partial charge in [0.05, 0.1) is 19.3 Å². The average molecular weight is 367 g/mol. The average Bonchev–Trinajstić information content (AvgIpc) is 3.25. The molecule has 2 aromatic rings. The van der Waals surface area contributed by atoms with Crippen LogP contribution in [0, 0.1) is 0 Å². The third kappa shape index (κ3) is 5.00. The number of ether oxygens (including phenoxy) is 1. The lowest BCUT2D eigenvalue weighted by molar-refractivity contribution is -0.119. The molecule has 2 amide bonds. The van der Waals surface area contributed by atoms with Gasteiger partial charge in [-0.2, -0.15) is 0 Å². The highest BCUT2D eigenvalue weighted by Crippen LogP contribution is 2.22. The number of nitrogens with zero attached hydrogens (tertiary/aromatic N) is 1. The second kappa shape index (κ2) is 9.07. The van der Waals surface area contributed by atoms with Crippen molar-refractivity contribution in [3.63, 3.8) is 0 Å². The van der Waals surface area contributed by atoms with Gasteiger partial charge in [0.25, 0.3) is 5.91 Å². The fourth-order valence-electron chi connectivity index (χ4n) is 3.10. The molecule has 2 aromatic carbocycles. The molecule has 3 rings (SSSR count). The fraction of sp³-hybridized carbons (Fsp3) is 0.333. The summed E-state index contributed by atoms with van der Waals surface area (Å²) in [6.07, 6.45) is 2.16. The van der Waals surface area contributed by atoms with Crippen LogP contribution in [0.5, 0.6) is 5.75 Å². The van der Waals surface area contributed by atoms with Gasteiger partial charge in [-0.05, 0) is 42.7 Å². The Kier molecular flexibility index (Phi) is 6.30. The highest BCUT2D eigenvalue weighted by atomic mass is 16.5. The highest BCUT2D eigenvalue weighted by molar-refractivity contribution is 5.94. The SMILES string of the molecule is COc1ccccc1NCC(=O)NCc1ccc(C(=O)N2CCCC2)cc1. The molecule has 1 saturated heterocycles. The van der Waals surface area contributed by atoms with Crippen LogP contribution in [0.1, 0.15) is 28.8 Å². The minimum atomic E-state index is -0.113. The van der Waals surface area contributed by atoms with E-state index < -0.39 is 0 Å². The number of para-hydroxylation sites is 2. The van der Waals surface area contributed by atoms with Crippen molar-refractivity contribution in [3.05, 3.63) is 59.7 Å². The molecule has 0 aromatic heterocycles. The number of amides is 2. The van der Waals surface area contributed by atoms with Crippen molar-refractivity contribution >= 4 is 17.5 Å². The van der Waals surface area contributed by atoms with Gasteiger partial charge >= 0.3 is 0 Å². The maximum Gasteiger partial charge on any atom is 0.253 e. The highest BCUT2D eigenvalue weighted by Gasteiger charge is 2.19. The van der Waals surface area contributed by atoms with Crippen molar-refractivity contribution < 1.29 is 14.3 Å². The molecule has 1 aliphatic rings. The van der Waals surface area contributed by atoms with E-state index >= 15 is 0 Å². The van der Waals surface area contributed by atoms with Gasteiger partial charge in [0.1, 0.15) is 5.75 Å². The van der Waals surface area contributed by atoms with Crippen LogP contribution >= 0.6 is 0 Å². The number of anilines is 1. The molecule has 0 saturated carbocycles. The Balaban J connectivity index is 1.46. The molecular formula is C21H25N3O3. The fourth-order valence-corrected chi connectivity index (χ4v) is 3.10. The van der Waals surface area contributed by atoms with Crippen LogP contribution in [-0.4, -0.2) is 43.5 Å². The van der Waals surface area contributed by atoms with Crippen molar-refractivity contribution in [2.45, 2.75) is 19.4 Å². The Morgan fingerprint density at radius 2 is 1.74 bits per heavy atom. The molecule has 1 heterocycles. The van der Waals surface area contributed by atoms with Gasteiger partial charge in [-0.25, -0.2) is 0 Å². The molecule has 0 radical (unpaired) electrons.